The van der Waals surface area contributed by atoms with Gasteiger partial charge >= 0.3 is 0 Å². The number of hydrogen-bond donors (Lipinski definition) is 2. The molecule has 1 atom stereocenters. The van der Waals surface area contributed by atoms with Crippen LogP contribution in [0.3, 0.4) is 0 Å². The van der Waals surface area contributed by atoms with Gasteiger partial charge in [-0.15, -0.1) is 0 Å². The number of carbonyl (C=O) groups excluding carboxylic acids is 1. The average molecular weight is 403 g/mol. The van der Waals surface area contributed by atoms with Crippen molar-refractivity contribution in [2.75, 3.05) is 0 Å². The van der Waals surface area contributed by atoms with Gasteiger partial charge in [-0.05, 0) is 45.0 Å². The number of halogens is 4. The Morgan fingerprint density at radius 3 is 2.05 bits per heavy atom. The van der Waals surface area contributed by atoms with E-state index in [0.717, 1.165) is 4.47 Å². The van der Waals surface area contributed by atoms with E-state index in [4.69, 9.17) is 34.8 Å². The average Bonchev–Trinajstić information content (AvgIpc) is 2.25. The molecule has 0 aliphatic carbocycles. The van der Waals surface area contributed by atoms with Gasteiger partial charge in [0.25, 0.3) is 5.91 Å². The molecule has 112 valence electrons. The second kappa shape index (κ2) is 6.84. The molecule has 0 radical (unpaired) electrons. The number of hydrogen-bond acceptors (Lipinski definition) is 2. The van der Waals surface area contributed by atoms with Gasteiger partial charge < -0.3 is 5.32 Å². The third-order valence-corrected chi connectivity index (χ3v) is 3.47. The number of amides is 1. The number of benzene rings is 1. The third-order valence-electron chi connectivity index (χ3n) is 2.29. The van der Waals surface area contributed by atoms with Crippen LogP contribution in [-0.2, 0) is 0 Å². The maximum atomic E-state index is 12.2. The Hall–Kier alpha value is -0.000000000000000111. The quantitative estimate of drug-likeness (QED) is 0.586. The van der Waals surface area contributed by atoms with E-state index in [2.05, 4.69) is 26.6 Å². The summed E-state index contributed by atoms with van der Waals surface area (Å²) < 4.78 is -0.766. The van der Waals surface area contributed by atoms with Gasteiger partial charge in [-0.3, -0.25) is 10.1 Å². The topological polar surface area (TPSA) is 41.1 Å². The first-order valence-corrected chi connectivity index (χ1v) is 7.82. The first-order valence-electron chi connectivity index (χ1n) is 5.90. The lowest BCUT2D eigenvalue weighted by Crippen LogP contribution is -2.58. The molecule has 7 heteroatoms. The smallest absolute Gasteiger partial charge is 0.252 e. The van der Waals surface area contributed by atoms with Gasteiger partial charge in [0, 0.05) is 15.6 Å². The monoisotopic (exact) mass is 400 g/mol. The molecule has 0 unspecified atom stereocenters. The minimum atomic E-state index is -1.65. The molecule has 0 saturated heterocycles. The van der Waals surface area contributed by atoms with E-state index >= 15 is 0 Å². The second-order valence-corrected chi connectivity index (χ2v) is 8.63. The van der Waals surface area contributed by atoms with Crippen LogP contribution in [0.2, 0.25) is 0 Å². The fourth-order valence-electron chi connectivity index (χ4n) is 1.45. The van der Waals surface area contributed by atoms with Crippen molar-refractivity contribution in [3.63, 3.8) is 0 Å². The van der Waals surface area contributed by atoms with Crippen molar-refractivity contribution in [2.24, 2.45) is 0 Å². The molecular formula is C13H16BrCl3N2O. The zero-order valence-corrected chi connectivity index (χ0v) is 15.2. The Bertz CT molecular complexity index is 466. The normalized spacial score (nSPS) is 13.9. The Morgan fingerprint density at radius 1 is 1.15 bits per heavy atom. The van der Waals surface area contributed by atoms with Crippen LogP contribution in [0.15, 0.2) is 28.7 Å². The summed E-state index contributed by atoms with van der Waals surface area (Å²) in [7, 11) is 0. The molecule has 1 aromatic carbocycles. The van der Waals surface area contributed by atoms with Crippen LogP contribution in [0.5, 0.6) is 0 Å². The zero-order chi connectivity index (χ0) is 15.6. The first kappa shape index (κ1) is 18.1. The molecule has 0 aliphatic heterocycles. The molecule has 0 aliphatic rings. The van der Waals surface area contributed by atoms with Crippen LogP contribution < -0.4 is 10.6 Å². The predicted molar refractivity (Wildman–Crippen MR) is 88.6 cm³/mol. The molecule has 20 heavy (non-hydrogen) atoms. The number of nitrogens with one attached hydrogen (secondary N) is 2. The summed E-state index contributed by atoms with van der Waals surface area (Å²) in [5, 5.41) is 5.76. The molecule has 0 spiro atoms. The number of carbonyl (C=O) groups is 1. The Labute approximate surface area is 142 Å². The van der Waals surface area contributed by atoms with E-state index in [1.165, 1.54) is 0 Å². The van der Waals surface area contributed by atoms with E-state index < -0.39 is 9.96 Å². The van der Waals surface area contributed by atoms with Crippen molar-refractivity contribution in [1.29, 1.82) is 0 Å². The summed E-state index contributed by atoms with van der Waals surface area (Å²) in [6.45, 7) is 5.76. The fourth-order valence-corrected chi connectivity index (χ4v) is 2.04. The standard InChI is InChI=1S/C13H16BrCl3N2O/c1-12(2,3)19-11(13(15,16)17)18-10(20)8-4-6-9(14)7-5-8/h4-7,11,19H,1-3H3,(H,18,20)/t11-/m1/s1. The molecule has 1 rings (SSSR count). The van der Waals surface area contributed by atoms with Gasteiger partial charge in [0.15, 0.2) is 0 Å². The van der Waals surface area contributed by atoms with Gasteiger partial charge in [-0.2, -0.15) is 0 Å². The van der Waals surface area contributed by atoms with Crippen LogP contribution in [0, 0.1) is 0 Å². The molecule has 3 nitrogen and oxygen atoms in total. The van der Waals surface area contributed by atoms with E-state index in [9.17, 15) is 4.79 Å². The van der Waals surface area contributed by atoms with Crippen molar-refractivity contribution in [3.8, 4) is 0 Å². The summed E-state index contributed by atoms with van der Waals surface area (Å²) in [5.41, 5.74) is 0.171. The van der Waals surface area contributed by atoms with Crippen molar-refractivity contribution < 1.29 is 4.79 Å². The van der Waals surface area contributed by atoms with Crippen LogP contribution in [0.25, 0.3) is 0 Å². The molecule has 0 heterocycles. The van der Waals surface area contributed by atoms with Crippen molar-refractivity contribution in [2.45, 2.75) is 36.3 Å². The first-order chi connectivity index (χ1) is 8.99. The van der Waals surface area contributed by atoms with E-state index in [1.807, 2.05) is 20.8 Å². The highest BCUT2D eigenvalue weighted by atomic mass is 79.9. The minimum Gasteiger partial charge on any atom is -0.333 e. The third kappa shape index (κ3) is 6.19. The van der Waals surface area contributed by atoms with Crippen LogP contribution in [0.4, 0.5) is 0 Å². The lowest BCUT2D eigenvalue weighted by molar-refractivity contribution is 0.0922. The molecule has 0 bridgehead atoms. The van der Waals surface area contributed by atoms with E-state index in [0.29, 0.717) is 5.56 Å². The largest absolute Gasteiger partial charge is 0.333 e. The molecule has 0 fully saturated rings. The molecular weight excluding hydrogens is 386 g/mol. The Balaban J connectivity index is 2.84. The molecule has 0 aromatic heterocycles. The van der Waals surface area contributed by atoms with E-state index in [-0.39, 0.29) is 11.4 Å². The Kier molecular flexibility index (Phi) is 6.17. The highest BCUT2D eigenvalue weighted by molar-refractivity contribution is 9.10. The lowest BCUT2D eigenvalue weighted by atomic mass is 10.1. The fraction of sp³-hybridized carbons (Fsp3) is 0.462. The summed E-state index contributed by atoms with van der Waals surface area (Å²) in [4.78, 5) is 12.2. The number of rotatable bonds is 3. The Morgan fingerprint density at radius 2 is 1.65 bits per heavy atom. The van der Waals surface area contributed by atoms with E-state index in [1.54, 1.807) is 24.3 Å². The summed E-state index contributed by atoms with van der Waals surface area (Å²) in [6, 6.07) is 6.92. The summed E-state index contributed by atoms with van der Waals surface area (Å²) >= 11 is 21.0. The van der Waals surface area contributed by atoms with Gasteiger partial charge in [0.05, 0.1) is 0 Å². The van der Waals surface area contributed by atoms with Gasteiger partial charge in [0.2, 0.25) is 3.79 Å². The minimum absolute atomic E-state index is 0.314. The highest BCUT2D eigenvalue weighted by Crippen LogP contribution is 2.30. The maximum absolute atomic E-state index is 12.2. The highest BCUT2D eigenvalue weighted by Gasteiger charge is 2.36. The molecule has 0 saturated carbocycles. The van der Waals surface area contributed by atoms with Gasteiger partial charge in [-0.25, -0.2) is 0 Å². The second-order valence-electron chi connectivity index (χ2n) is 5.35. The summed E-state index contributed by atoms with van der Waals surface area (Å²) in [5.74, 6) is -0.314. The lowest BCUT2D eigenvalue weighted by Gasteiger charge is -2.33. The summed E-state index contributed by atoms with van der Waals surface area (Å²) in [6.07, 6.45) is -0.802. The zero-order valence-electron chi connectivity index (χ0n) is 11.3. The van der Waals surface area contributed by atoms with Crippen molar-refractivity contribution in [1.82, 2.24) is 10.6 Å². The van der Waals surface area contributed by atoms with Crippen LogP contribution >= 0.6 is 50.7 Å². The number of alkyl halides is 3. The molecule has 1 amide bonds. The van der Waals surface area contributed by atoms with Crippen LogP contribution in [0.1, 0.15) is 31.1 Å². The van der Waals surface area contributed by atoms with Crippen LogP contribution in [-0.4, -0.2) is 21.4 Å². The SMILES string of the molecule is CC(C)(C)N[C@@H](NC(=O)c1ccc(Br)cc1)C(Cl)(Cl)Cl. The van der Waals surface area contributed by atoms with Crippen molar-refractivity contribution >= 4 is 56.6 Å². The van der Waals surface area contributed by atoms with Gasteiger partial charge in [-0.1, -0.05) is 50.7 Å². The molecule has 2 N–H and O–H groups in total. The predicted octanol–water partition coefficient (Wildman–Crippen LogP) is 4.26. The van der Waals surface area contributed by atoms with Gasteiger partial charge in [0.1, 0.15) is 6.17 Å². The molecule has 1 aromatic rings. The maximum Gasteiger partial charge on any atom is 0.252 e. The van der Waals surface area contributed by atoms with Crippen molar-refractivity contribution in [3.05, 3.63) is 34.3 Å².